The molecule has 1 saturated heterocycles. The maximum absolute atomic E-state index is 11.3. The van der Waals surface area contributed by atoms with Crippen LogP contribution < -0.4 is 0 Å². The highest BCUT2D eigenvalue weighted by molar-refractivity contribution is 5.77. The molecular formula is C16H22N2O. The van der Waals surface area contributed by atoms with E-state index in [1.807, 2.05) is 18.2 Å². The van der Waals surface area contributed by atoms with Gasteiger partial charge in [-0.25, -0.2) is 0 Å². The number of nitrogens with zero attached hydrogens (tertiary/aromatic N) is 2. The van der Waals surface area contributed by atoms with E-state index < -0.39 is 0 Å². The minimum Gasteiger partial charge on any atom is -0.298 e. The van der Waals surface area contributed by atoms with Gasteiger partial charge in [0.2, 0.25) is 0 Å². The quantitative estimate of drug-likeness (QED) is 0.762. The summed E-state index contributed by atoms with van der Waals surface area (Å²) in [6.07, 6.45) is 6.47. The monoisotopic (exact) mass is 258 g/mol. The van der Waals surface area contributed by atoms with E-state index >= 15 is 0 Å². The average Bonchev–Trinajstić information content (AvgIpc) is 2.71. The fourth-order valence-electron chi connectivity index (χ4n) is 3.98. The van der Waals surface area contributed by atoms with E-state index in [9.17, 15) is 4.79 Å². The van der Waals surface area contributed by atoms with Crippen LogP contribution in [0.4, 0.5) is 0 Å². The van der Waals surface area contributed by atoms with Gasteiger partial charge < -0.3 is 0 Å². The summed E-state index contributed by atoms with van der Waals surface area (Å²) in [6.45, 7) is 0. The van der Waals surface area contributed by atoms with Crippen LogP contribution in [0.15, 0.2) is 24.3 Å². The summed E-state index contributed by atoms with van der Waals surface area (Å²) in [6, 6.07) is 9.28. The number of hydrogen-bond acceptors (Lipinski definition) is 3. The van der Waals surface area contributed by atoms with Crippen molar-refractivity contribution in [3.8, 4) is 0 Å². The first-order valence-corrected chi connectivity index (χ1v) is 7.22. The first-order valence-electron chi connectivity index (χ1n) is 7.22. The maximum atomic E-state index is 11.3. The van der Waals surface area contributed by atoms with Crippen molar-refractivity contribution in [3.05, 3.63) is 35.4 Å². The number of rotatable bonds is 2. The van der Waals surface area contributed by atoms with Crippen LogP contribution >= 0.6 is 0 Å². The van der Waals surface area contributed by atoms with E-state index in [1.165, 1.54) is 25.7 Å². The average molecular weight is 258 g/mol. The van der Waals surface area contributed by atoms with Crippen molar-refractivity contribution in [1.29, 1.82) is 0 Å². The van der Waals surface area contributed by atoms with E-state index in [0.717, 1.165) is 17.4 Å². The highest BCUT2D eigenvalue weighted by atomic mass is 16.1. The summed E-state index contributed by atoms with van der Waals surface area (Å²) in [5.41, 5.74) is 1.97. The van der Waals surface area contributed by atoms with E-state index in [4.69, 9.17) is 0 Å². The molecule has 3 heteroatoms. The largest absolute Gasteiger partial charge is 0.298 e. The second-order valence-electron chi connectivity index (χ2n) is 5.87. The lowest BCUT2D eigenvalue weighted by Gasteiger charge is -2.29. The fraction of sp³-hybridized carbons (Fsp3) is 0.562. The summed E-state index contributed by atoms with van der Waals surface area (Å²) in [5.74, 6) is 0. The van der Waals surface area contributed by atoms with Crippen LogP contribution in [0.25, 0.3) is 0 Å². The first-order chi connectivity index (χ1) is 9.24. The van der Waals surface area contributed by atoms with Crippen LogP contribution in [-0.4, -0.2) is 42.3 Å². The Morgan fingerprint density at radius 3 is 2.21 bits per heavy atom. The molecule has 1 saturated carbocycles. The molecule has 2 atom stereocenters. The molecule has 0 unspecified atom stereocenters. The summed E-state index contributed by atoms with van der Waals surface area (Å²) in [7, 11) is 4.41. The Hall–Kier alpha value is -1.19. The van der Waals surface area contributed by atoms with Gasteiger partial charge in [-0.05, 0) is 32.5 Å². The molecular weight excluding hydrogens is 236 g/mol. The number of fused-ring (bicyclic) bond motifs is 1. The highest BCUT2D eigenvalue weighted by Crippen LogP contribution is 2.41. The van der Waals surface area contributed by atoms with Crippen molar-refractivity contribution in [2.24, 2.45) is 0 Å². The molecule has 19 heavy (non-hydrogen) atoms. The Morgan fingerprint density at radius 1 is 1.05 bits per heavy atom. The lowest BCUT2D eigenvalue weighted by molar-refractivity contribution is 0.111. The molecule has 2 fully saturated rings. The minimum atomic E-state index is 0.245. The van der Waals surface area contributed by atoms with Crippen LogP contribution in [0.1, 0.15) is 47.8 Å². The second kappa shape index (κ2) is 5.06. The molecule has 3 nitrogen and oxygen atoms in total. The molecule has 2 aliphatic rings. The molecule has 0 amide bonds. The normalized spacial score (nSPS) is 29.4. The number of aldehydes is 1. The Labute approximate surface area is 115 Å². The van der Waals surface area contributed by atoms with E-state index in [2.05, 4.69) is 30.0 Å². The number of benzene rings is 1. The van der Waals surface area contributed by atoms with Gasteiger partial charge in [0.1, 0.15) is 6.29 Å². The Morgan fingerprint density at radius 2 is 1.63 bits per heavy atom. The van der Waals surface area contributed by atoms with Crippen LogP contribution in [0.3, 0.4) is 0 Å². The van der Waals surface area contributed by atoms with Gasteiger partial charge >= 0.3 is 0 Å². The summed E-state index contributed by atoms with van der Waals surface area (Å²) < 4.78 is 0. The van der Waals surface area contributed by atoms with Crippen molar-refractivity contribution in [2.75, 3.05) is 14.1 Å². The molecule has 0 bridgehead atoms. The molecule has 0 radical (unpaired) electrons. The van der Waals surface area contributed by atoms with Gasteiger partial charge in [-0.1, -0.05) is 37.1 Å². The third kappa shape index (κ3) is 2.01. The molecule has 0 N–H and O–H groups in total. The van der Waals surface area contributed by atoms with Crippen molar-refractivity contribution in [2.45, 2.75) is 43.9 Å². The van der Waals surface area contributed by atoms with Gasteiger partial charge in [0.15, 0.2) is 0 Å². The zero-order valence-electron chi connectivity index (χ0n) is 11.7. The summed E-state index contributed by atoms with van der Waals surface area (Å²) in [4.78, 5) is 16.2. The number of carbonyl (C=O) groups excluding carboxylic acids is 1. The van der Waals surface area contributed by atoms with Gasteiger partial charge in [0, 0.05) is 17.6 Å². The van der Waals surface area contributed by atoms with E-state index in [-0.39, 0.29) is 6.17 Å². The van der Waals surface area contributed by atoms with Crippen LogP contribution in [0.2, 0.25) is 0 Å². The lowest BCUT2D eigenvalue weighted by atomic mass is 9.91. The number of likely N-dealkylation sites (N-methyl/N-ethyl adjacent to an activating group) is 2. The zero-order valence-corrected chi connectivity index (χ0v) is 11.7. The van der Waals surface area contributed by atoms with Crippen molar-refractivity contribution >= 4 is 6.29 Å². The SMILES string of the molecule is CN1C(c2ccccc2C=O)N(C)[C@@H]2CCCC[C@H]21. The molecule has 3 rings (SSSR count). The highest BCUT2D eigenvalue weighted by Gasteiger charge is 2.44. The number of carbonyl (C=O) groups is 1. The second-order valence-corrected chi connectivity index (χ2v) is 5.87. The molecule has 1 aliphatic heterocycles. The standard InChI is InChI=1S/C16H22N2O/c1-17-14-9-5-6-10-15(14)18(2)16(17)13-8-4-3-7-12(13)11-19/h3-4,7-8,11,14-16H,5-6,9-10H2,1-2H3/t14-,15-/m1/s1. The molecule has 1 aromatic carbocycles. The minimum absolute atomic E-state index is 0.245. The van der Waals surface area contributed by atoms with Gasteiger partial charge in [-0.2, -0.15) is 0 Å². The van der Waals surface area contributed by atoms with Gasteiger partial charge in [0.25, 0.3) is 0 Å². The zero-order chi connectivity index (χ0) is 13.4. The molecule has 0 aromatic heterocycles. The van der Waals surface area contributed by atoms with Crippen LogP contribution in [0, 0.1) is 0 Å². The Kier molecular flexibility index (Phi) is 3.42. The lowest BCUT2D eigenvalue weighted by Crippen LogP contribution is -2.37. The Bertz CT molecular complexity index is 456. The topological polar surface area (TPSA) is 23.6 Å². The molecule has 0 spiro atoms. The molecule has 1 aromatic rings. The number of hydrogen-bond donors (Lipinski definition) is 0. The molecule has 102 valence electrons. The fourth-order valence-corrected chi connectivity index (χ4v) is 3.98. The van der Waals surface area contributed by atoms with Gasteiger partial charge in [-0.3, -0.25) is 14.6 Å². The predicted molar refractivity (Wildman–Crippen MR) is 76.1 cm³/mol. The van der Waals surface area contributed by atoms with Crippen molar-refractivity contribution in [1.82, 2.24) is 9.80 Å². The third-order valence-electron chi connectivity index (χ3n) is 4.91. The Balaban J connectivity index is 1.98. The third-order valence-corrected chi connectivity index (χ3v) is 4.91. The van der Waals surface area contributed by atoms with Crippen molar-refractivity contribution in [3.63, 3.8) is 0 Å². The first kappa shape index (κ1) is 12.8. The smallest absolute Gasteiger partial charge is 0.150 e. The van der Waals surface area contributed by atoms with Crippen molar-refractivity contribution < 1.29 is 4.79 Å². The van der Waals surface area contributed by atoms with Crippen LogP contribution in [-0.2, 0) is 0 Å². The maximum Gasteiger partial charge on any atom is 0.150 e. The molecule has 1 aliphatic carbocycles. The van der Waals surface area contributed by atoms with E-state index in [0.29, 0.717) is 12.1 Å². The van der Waals surface area contributed by atoms with Gasteiger partial charge in [-0.15, -0.1) is 0 Å². The van der Waals surface area contributed by atoms with E-state index in [1.54, 1.807) is 0 Å². The summed E-state index contributed by atoms with van der Waals surface area (Å²) >= 11 is 0. The molecule has 1 heterocycles. The summed E-state index contributed by atoms with van der Waals surface area (Å²) in [5, 5.41) is 0. The van der Waals surface area contributed by atoms with Gasteiger partial charge in [0.05, 0.1) is 6.17 Å². The predicted octanol–water partition coefficient (Wildman–Crippen LogP) is 2.69. The van der Waals surface area contributed by atoms with Crippen LogP contribution in [0.5, 0.6) is 0 Å².